The van der Waals surface area contributed by atoms with Crippen molar-refractivity contribution in [2.75, 3.05) is 23.7 Å². The Labute approximate surface area is 201 Å². The molecule has 3 aromatic rings. The summed E-state index contributed by atoms with van der Waals surface area (Å²) < 4.78 is 0. The minimum atomic E-state index is -0.216. The lowest BCUT2D eigenvalue weighted by atomic mass is 10.1. The van der Waals surface area contributed by atoms with E-state index in [-0.39, 0.29) is 24.9 Å². The first-order valence-corrected chi connectivity index (χ1v) is 11.2. The number of amides is 2. The van der Waals surface area contributed by atoms with Crippen LogP contribution in [0.4, 0.5) is 11.4 Å². The monoisotopic (exact) mass is 454 g/mol. The average molecular weight is 455 g/mol. The zero-order chi connectivity index (χ0) is 24.7. The van der Waals surface area contributed by atoms with Crippen molar-refractivity contribution < 1.29 is 9.59 Å². The Balaban J connectivity index is 1.79. The second-order valence-electron chi connectivity index (χ2n) is 8.54. The average Bonchev–Trinajstić information content (AvgIpc) is 2.79. The lowest BCUT2D eigenvalue weighted by molar-refractivity contribution is -0.120. The Morgan fingerprint density at radius 2 is 1.18 bits per heavy atom. The van der Waals surface area contributed by atoms with Gasteiger partial charge in [0.15, 0.2) is 0 Å². The van der Waals surface area contributed by atoms with Crippen LogP contribution in [0.5, 0.6) is 0 Å². The van der Waals surface area contributed by atoms with Crippen LogP contribution >= 0.6 is 0 Å². The maximum absolute atomic E-state index is 13.0. The quantitative estimate of drug-likeness (QED) is 0.508. The summed E-state index contributed by atoms with van der Waals surface area (Å²) in [6.07, 6.45) is 0. The zero-order valence-corrected chi connectivity index (χ0v) is 20.1. The van der Waals surface area contributed by atoms with E-state index >= 15 is 0 Å². The molecule has 0 aliphatic carbocycles. The highest BCUT2D eigenvalue weighted by molar-refractivity contribution is 5.96. The van der Waals surface area contributed by atoms with Gasteiger partial charge in [0.25, 0.3) is 0 Å². The molecule has 34 heavy (non-hydrogen) atoms. The first-order valence-electron chi connectivity index (χ1n) is 11.2. The molecular weight excluding hydrogens is 424 g/mol. The molecule has 174 valence electrons. The Kier molecular flexibility index (Phi) is 8.18. The van der Waals surface area contributed by atoms with E-state index in [1.54, 1.807) is 17.0 Å². The molecule has 2 amide bonds. The Morgan fingerprint density at radius 3 is 1.62 bits per heavy atom. The van der Waals surface area contributed by atoms with E-state index in [2.05, 4.69) is 16.7 Å². The van der Waals surface area contributed by atoms with Gasteiger partial charge in [-0.1, -0.05) is 54.6 Å². The van der Waals surface area contributed by atoms with E-state index in [0.717, 1.165) is 39.2 Å². The number of nitrogens with one attached hydrogen (secondary N) is 2. The molecule has 3 rings (SSSR count). The summed E-state index contributed by atoms with van der Waals surface area (Å²) in [4.78, 5) is 27.7. The fourth-order valence-electron chi connectivity index (χ4n) is 3.96. The number of aryl methyl sites for hydroxylation is 4. The Morgan fingerprint density at radius 1 is 0.735 bits per heavy atom. The van der Waals surface area contributed by atoms with Gasteiger partial charge in [0.05, 0.1) is 24.7 Å². The predicted molar refractivity (Wildman–Crippen MR) is 136 cm³/mol. The van der Waals surface area contributed by atoms with Gasteiger partial charge < -0.3 is 10.6 Å². The lowest BCUT2D eigenvalue weighted by Crippen LogP contribution is -2.39. The number of hydrogen-bond acceptors (Lipinski definition) is 4. The van der Waals surface area contributed by atoms with Gasteiger partial charge in [0.2, 0.25) is 11.8 Å². The molecular formula is C28H30N4O2. The van der Waals surface area contributed by atoms with Gasteiger partial charge in [-0.15, -0.1) is 0 Å². The molecule has 3 aromatic carbocycles. The number of carbonyl (C=O) groups excluding carboxylic acids is 2. The smallest absolute Gasteiger partial charge is 0.238 e. The van der Waals surface area contributed by atoms with Crippen molar-refractivity contribution in [3.63, 3.8) is 0 Å². The van der Waals surface area contributed by atoms with Gasteiger partial charge >= 0.3 is 0 Å². The summed E-state index contributed by atoms with van der Waals surface area (Å²) in [5.74, 6) is -0.432. The molecule has 0 aliphatic heterocycles. The van der Waals surface area contributed by atoms with Crippen LogP contribution in [-0.2, 0) is 16.1 Å². The molecule has 6 nitrogen and oxygen atoms in total. The highest BCUT2D eigenvalue weighted by Gasteiger charge is 2.18. The molecule has 0 bridgehead atoms. The van der Waals surface area contributed by atoms with Crippen LogP contribution in [0.1, 0.15) is 33.4 Å². The van der Waals surface area contributed by atoms with Gasteiger partial charge in [0, 0.05) is 17.9 Å². The van der Waals surface area contributed by atoms with Crippen molar-refractivity contribution in [2.45, 2.75) is 34.2 Å². The van der Waals surface area contributed by atoms with Crippen LogP contribution in [0.15, 0.2) is 60.7 Å². The molecule has 6 heteroatoms. The maximum Gasteiger partial charge on any atom is 0.238 e. The molecule has 0 fully saturated rings. The van der Waals surface area contributed by atoms with E-state index in [4.69, 9.17) is 0 Å². The van der Waals surface area contributed by atoms with Crippen molar-refractivity contribution in [1.82, 2.24) is 4.90 Å². The molecule has 0 radical (unpaired) electrons. The van der Waals surface area contributed by atoms with Crippen LogP contribution in [0.3, 0.4) is 0 Å². The number of benzene rings is 3. The number of nitriles is 1. The fourth-order valence-corrected chi connectivity index (χ4v) is 3.96. The van der Waals surface area contributed by atoms with Gasteiger partial charge in [-0.2, -0.15) is 5.26 Å². The third-order valence-corrected chi connectivity index (χ3v) is 5.76. The number of rotatable bonds is 8. The highest BCUT2D eigenvalue weighted by atomic mass is 16.2. The number of anilines is 2. The normalized spacial score (nSPS) is 10.6. The largest absolute Gasteiger partial charge is 0.324 e. The molecule has 0 saturated carbocycles. The van der Waals surface area contributed by atoms with Crippen LogP contribution < -0.4 is 10.6 Å². The van der Waals surface area contributed by atoms with Crippen LogP contribution in [0.2, 0.25) is 0 Å². The van der Waals surface area contributed by atoms with Gasteiger partial charge in [0.1, 0.15) is 0 Å². The van der Waals surface area contributed by atoms with Gasteiger partial charge in [-0.25, -0.2) is 0 Å². The van der Waals surface area contributed by atoms with E-state index in [9.17, 15) is 14.9 Å². The summed E-state index contributed by atoms with van der Waals surface area (Å²) in [6, 6.07) is 21.1. The molecule has 0 aliphatic rings. The summed E-state index contributed by atoms with van der Waals surface area (Å²) in [7, 11) is 0. The van der Waals surface area contributed by atoms with Crippen molar-refractivity contribution >= 4 is 23.2 Å². The van der Waals surface area contributed by atoms with E-state index in [0.29, 0.717) is 12.1 Å². The Bertz CT molecular complexity index is 1140. The van der Waals surface area contributed by atoms with Crippen LogP contribution in [0.25, 0.3) is 0 Å². The zero-order valence-electron chi connectivity index (χ0n) is 20.1. The minimum Gasteiger partial charge on any atom is -0.324 e. The third kappa shape index (κ3) is 6.31. The van der Waals surface area contributed by atoms with Crippen molar-refractivity contribution in [3.8, 4) is 6.07 Å². The second-order valence-corrected chi connectivity index (χ2v) is 8.54. The summed E-state index contributed by atoms with van der Waals surface area (Å²) in [6.45, 7) is 8.09. The standard InChI is InChI=1S/C28H30N4O2/c1-19-9-7-10-20(2)27(19)30-25(33)17-32(16-24-14-6-5-13-23(24)15-29)18-26(34)31-28-21(3)11-8-12-22(28)4/h5-14H,16-18H2,1-4H3,(H,30,33)(H,31,34). The van der Waals surface area contributed by atoms with Crippen molar-refractivity contribution in [1.29, 1.82) is 5.26 Å². The van der Waals surface area contributed by atoms with Gasteiger partial charge in [-0.3, -0.25) is 14.5 Å². The summed E-state index contributed by atoms with van der Waals surface area (Å²) >= 11 is 0. The number of carbonyl (C=O) groups is 2. The molecule has 0 spiro atoms. The molecule has 0 saturated heterocycles. The molecule has 2 N–H and O–H groups in total. The van der Waals surface area contributed by atoms with Crippen LogP contribution in [0, 0.1) is 39.0 Å². The number of nitrogens with zero attached hydrogens (tertiary/aromatic N) is 2. The predicted octanol–water partition coefficient (Wildman–Crippen LogP) is 4.87. The first-order chi connectivity index (χ1) is 16.3. The fraction of sp³-hybridized carbons (Fsp3) is 0.250. The molecule has 0 atom stereocenters. The second kappa shape index (κ2) is 11.3. The first kappa shape index (κ1) is 24.7. The van der Waals surface area contributed by atoms with Crippen molar-refractivity contribution in [3.05, 3.63) is 94.0 Å². The van der Waals surface area contributed by atoms with E-state index in [1.807, 2.05) is 76.2 Å². The molecule has 0 heterocycles. The maximum atomic E-state index is 13.0. The summed E-state index contributed by atoms with van der Waals surface area (Å²) in [5, 5.41) is 15.5. The third-order valence-electron chi connectivity index (χ3n) is 5.76. The topological polar surface area (TPSA) is 85.2 Å². The number of para-hydroxylation sites is 2. The summed E-state index contributed by atoms with van der Waals surface area (Å²) in [5.41, 5.74) is 6.76. The Hall–Kier alpha value is -3.95. The number of hydrogen-bond donors (Lipinski definition) is 2. The highest BCUT2D eigenvalue weighted by Crippen LogP contribution is 2.21. The van der Waals surface area contributed by atoms with E-state index < -0.39 is 0 Å². The van der Waals surface area contributed by atoms with E-state index in [1.165, 1.54) is 0 Å². The van der Waals surface area contributed by atoms with Crippen LogP contribution in [-0.4, -0.2) is 29.8 Å². The SMILES string of the molecule is Cc1cccc(C)c1NC(=O)CN(CC(=O)Nc1c(C)cccc1C)Cc1ccccc1C#N. The molecule has 0 aromatic heterocycles. The van der Waals surface area contributed by atoms with Crippen molar-refractivity contribution in [2.24, 2.45) is 0 Å². The lowest BCUT2D eigenvalue weighted by Gasteiger charge is -2.23. The van der Waals surface area contributed by atoms with Gasteiger partial charge in [-0.05, 0) is 61.6 Å². The molecule has 0 unspecified atom stereocenters. The minimum absolute atomic E-state index is 0.00765.